The van der Waals surface area contributed by atoms with Crippen LogP contribution in [0.15, 0.2) is 23.8 Å². The highest BCUT2D eigenvalue weighted by Gasteiger charge is 2.57. The van der Waals surface area contributed by atoms with Crippen molar-refractivity contribution in [3.63, 3.8) is 0 Å². The highest BCUT2D eigenvalue weighted by molar-refractivity contribution is 5.77. The molecule has 2 rings (SSSR count). The summed E-state index contributed by atoms with van der Waals surface area (Å²) in [4.78, 5) is 12.5. The maximum Gasteiger partial charge on any atom is 0.311 e. The lowest BCUT2D eigenvalue weighted by Gasteiger charge is -2.57. The third-order valence-corrected chi connectivity index (χ3v) is 6.93. The molecule has 23 heavy (non-hydrogen) atoms. The second-order valence-corrected chi connectivity index (χ2v) is 8.21. The number of allylic oxidation sites excluding steroid dienone is 3. The van der Waals surface area contributed by atoms with Crippen LogP contribution in [0, 0.1) is 22.7 Å². The molecule has 2 aliphatic carbocycles. The number of hydrogen-bond acceptors (Lipinski definition) is 2. The maximum absolute atomic E-state index is 12.5. The molecule has 2 fully saturated rings. The molecule has 4 atom stereocenters. The van der Waals surface area contributed by atoms with Crippen LogP contribution in [0.4, 0.5) is 0 Å². The van der Waals surface area contributed by atoms with Crippen molar-refractivity contribution >= 4 is 5.97 Å². The lowest BCUT2D eigenvalue weighted by Crippen LogP contribution is -2.53. The van der Waals surface area contributed by atoms with Crippen molar-refractivity contribution in [1.82, 2.24) is 0 Å². The average Bonchev–Trinajstić information content (AvgIpc) is 2.52. The lowest BCUT2D eigenvalue weighted by atomic mass is 9.46. The first-order chi connectivity index (χ1) is 10.8. The van der Waals surface area contributed by atoms with E-state index in [1.54, 1.807) is 0 Å². The van der Waals surface area contributed by atoms with Gasteiger partial charge in [-0.15, -0.1) is 0 Å². The molecular formula is C21H34O2. The van der Waals surface area contributed by atoms with Gasteiger partial charge in [-0.05, 0) is 69.6 Å². The van der Waals surface area contributed by atoms with Gasteiger partial charge in [0.1, 0.15) is 0 Å². The molecule has 0 radical (unpaired) electrons. The minimum atomic E-state index is -0.329. The fourth-order valence-electron chi connectivity index (χ4n) is 5.33. The zero-order valence-electron chi connectivity index (χ0n) is 15.7. The molecule has 0 aromatic rings. The Hall–Kier alpha value is -1.05. The Balaban J connectivity index is 2.35. The van der Waals surface area contributed by atoms with Gasteiger partial charge in [0.25, 0.3) is 0 Å². The van der Waals surface area contributed by atoms with Gasteiger partial charge in [-0.1, -0.05) is 44.1 Å². The second-order valence-electron chi connectivity index (χ2n) is 8.21. The van der Waals surface area contributed by atoms with Crippen molar-refractivity contribution in [3.05, 3.63) is 23.8 Å². The van der Waals surface area contributed by atoms with Gasteiger partial charge in [0.2, 0.25) is 0 Å². The van der Waals surface area contributed by atoms with Gasteiger partial charge in [0.15, 0.2) is 0 Å². The SMILES string of the molecule is C=C1CC[C@@H]2[C@](C)(CCC[C@]2(C)C(=O)OC)[C@H]1C/C=C(\C)CC. The molecule has 2 nitrogen and oxygen atoms in total. The van der Waals surface area contributed by atoms with Crippen LogP contribution in [0.1, 0.15) is 72.6 Å². The van der Waals surface area contributed by atoms with Crippen LogP contribution in [-0.4, -0.2) is 13.1 Å². The Kier molecular flexibility index (Phi) is 5.43. The fourth-order valence-corrected chi connectivity index (χ4v) is 5.33. The number of rotatable bonds is 4. The van der Waals surface area contributed by atoms with Crippen molar-refractivity contribution in [2.45, 2.75) is 72.6 Å². The Labute approximate surface area is 142 Å². The summed E-state index contributed by atoms with van der Waals surface area (Å²) in [7, 11) is 1.53. The predicted octanol–water partition coefficient (Wildman–Crippen LogP) is 5.68. The Morgan fingerprint density at radius 1 is 1.39 bits per heavy atom. The largest absolute Gasteiger partial charge is 0.469 e. The smallest absolute Gasteiger partial charge is 0.311 e. The standard InChI is InChI=1S/C21H34O2/c1-7-15(2)9-11-17-16(3)10-12-18-20(17,4)13-8-14-21(18,5)19(22)23-6/h9,17-18H,3,7-8,10-14H2,1-2,4-6H3/b15-9+/t17-,18+,20+,21-/m0/s1. The zero-order valence-corrected chi connectivity index (χ0v) is 15.7. The third-order valence-electron chi connectivity index (χ3n) is 6.93. The lowest BCUT2D eigenvalue weighted by molar-refractivity contribution is -0.167. The molecule has 130 valence electrons. The summed E-state index contributed by atoms with van der Waals surface area (Å²) >= 11 is 0. The molecule has 0 aliphatic heterocycles. The molecule has 0 aromatic heterocycles. The normalized spacial score (nSPS) is 38.1. The van der Waals surface area contributed by atoms with Crippen molar-refractivity contribution in [2.75, 3.05) is 7.11 Å². The average molecular weight is 319 g/mol. The first-order valence-electron chi connectivity index (χ1n) is 9.21. The highest BCUT2D eigenvalue weighted by Crippen LogP contribution is 2.62. The molecule has 2 heteroatoms. The van der Waals surface area contributed by atoms with E-state index in [2.05, 4.69) is 40.3 Å². The number of hydrogen-bond donors (Lipinski definition) is 0. The van der Waals surface area contributed by atoms with E-state index in [9.17, 15) is 4.79 Å². The van der Waals surface area contributed by atoms with Crippen molar-refractivity contribution in [1.29, 1.82) is 0 Å². The predicted molar refractivity (Wildman–Crippen MR) is 96.1 cm³/mol. The number of esters is 1. The van der Waals surface area contributed by atoms with Crippen molar-refractivity contribution in [2.24, 2.45) is 22.7 Å². The van der Waals surface area contributed by atoms with Gasteiger partial charge in [0.05, 0.1) is 12.5 Å². The monoisotopic (exact) mass is 318 g/mol. The molecule has 0 unspecified atom stereocenters. The van der Waals surface area contributed by atoms with Crippen LogP contribution >= 0.6 is 0 Å². The highest BCUT2D eigenvalue weighted by atomic mass is 16.5. The summed E-state index contributed by atoms with van der Waals surface area (Å²) in [5.74, 6) is 0.883. The van der Waals surface area contributed by atoms with Gasteiger partial charge in [-0.25, -0.2) is 0 Å². The zero-order chi connectivity index (χ0) is 17.3. The second kappa shape index (κ2) is 6.83. The van der Waals surface area contributed by atoms with Gasteiger partial charge in [-0.3, -0.25) is 4.79 Å². The van der Waals surface area contributed by atoms with E-state index < -0.39 is 0 Å². The number of ether oxygens (including phenoxy) is 1. The quantitative estimate of drug-likeness (QED) is 0.492. The summed E-state index contributed by atoms with van der Waals surface area (Å²) < 4.78 is 5.19. The summed E-state index contributed by atoms with van der Waals surface area (Å²) in [6, 6.07) is 0. The molecule has 2 aliphatic rings. The molecule has 0 heterocycles. The number of carbonyl (C=O) groups is 1. The van der Waals surface area contributed by atoms with Crippen LogP contribution in [-0.2, 0) is 9.53 Å². The van der Waals surface area contributed by atoms with Crippen LogP contribution < -0.4 is 0 Å². The molecule has 0 spiro atoms. The van der Waals surface area contributed by atoms with Gasteiger partial charge in [0, 0.05) is 0 Å². The Bertz CT molecular complexity index is 504. The molecule has 2 saturated carbocycles. The topological polar surface area (TPSA) is 26.3 Å². The van der Waals surface area contributed by atoms with Gasteiger partial charge in [-0.2, -0.15) is 0 Å². The minimum Gasteiger partial charge on any atom is -0.469 e. The number of fused-ring (bicyclic) bond motifs is 1. The Morgan fingerprint density at radius 3 is 2.70 bits per heavy atom. The molecule has 0 bridgehead atoms. The first kappa shape index (κ1) is 18.3. The molecule has 0 N–H and O–H groups in total. The van der Waals surface area contributed by atoms with E-state index in [4.69, 9.17) is 4.74 Å². The van der Waals surface area contributed by atoms with Crippen LogP contribution in [0.5, 0.6) is 0 Å². The number of carbonyl (C=O) groups excluding carboxylic acids is 1. The Morgan fingerprint density at radius 2 is 2.09 bits per heavy atom. The van der Waals surface area contributed by atoms with E-state index in [0.29, 0.717) is 11.8 Å². The van der Waals surface area contributed by atoms with Crippen LogP contribution in [0.25, 0.3) is 0 Å². The summed E-state index contributed by atoms with van der Waals surface area (Å²) in [5.41, 5.74) is 2.68. The van der Waals surface area contributed by atoms with E-state index >= 15 is 0 Å². The summed E-state index contributed by atoms with van der Waals surface area (Å²) in [5, 5.41) is 0. The van der Waals surface area contributed by atoms with Gasteiger partial charge < -0.3 is 4.74 Å². The molecule has 0 saturated heterocycles. The van der Waals surface area contributed by atoms with Crippen molar-refractivity contribution in [3.8, 4) is 0 Å². The minimum absolute atomic E-state index is 0.0139. The summed E-state index contributed by atoms with van der Waals surface area (Å²) in [6.45, 7) is 13.4. The molecule has 0 aromatic carbocycles. The van der Waals surface area contributed by atoms with Crippen LogP contribution in [0.3, 0.4) is 0 Å². The van der Waals surface area contributed by atoms with E-state index in [0.717, 1.165) is 38.5 Å². The maximum atomic E-state index is 12.5. The van der Waals surface area contributed by atoms with Crippen LogP contribution in [0.2, 0.25) is 0 Å². The van der Waals surface area contributed by atoms with Crippen molar-refractivity contribution < 1.29 is 9.53 Å². The third kappa shape index (κ3) is 3.14. The molecule has 0 amide bonds. The van der Waals surface area contributed by atoms with E-state index in [1.165, 1.54) is 24.7 Å². The summed E-state index contributed by atoms with van der Waals surface area (Å²) in [6.07, 6.45) is 9.98. The fraction of sp³-hybridized carbons (Fsp3) is 0.762. The molecular weight excluding hydrogens is 284 g/mol. The number of methoxy groups -OCH3 is 1. The van der Waals surface area contributed by atoms with Gasteiger partial charge >= 0.3 is 5.97 Å². The van der Waals surface area contributed by atoms with E-state index in [1.807, 2.05) is 0 Å². The van der Waals surface area contributed by atoms with E-state index in [-0.39, 0.29) is 16.8 Å². The first-order valence-corrected chi connectivity index (χ1v) is 9.21.